The van der Waals surface area contributed by atoms with Gasteiger partial charge in [-0.2, -0.15) is 0 Å². The van der Waals surface area contributed by atoms with Crippen molar-refractivity contribution < 1.29 is 19.1 Å². The van der Waals surface area contributed by atoms with E-state index in [2.05, 4.69) is 0 Å². The molecule has 1 aliphatic rings. The lowest BCUT2D eigenvalue weighted by atomic mass is 9.90. The Morgan fingerprint density at radius 3 is 2.00 bits per heavy atom. The summed E-state index contributed by atoms with van der Waals surface area (Å²) < 4.78 is 10.8. The second kappa shape index (κ2) is 4.09. The Hall–Kier alpha value is 0.110. The predicted molar refractivity (Wildman–Crippen MR) is 48.7 cm³/mol. The number of carbonyl (C=O) groups is 1. The fourth-order valence-corrected chi connectivity index (χ4v) is 2.83. The third kappa shape index (κ3) is 3.06. The summed E-state index contributed by atoms with van der Waals surface area (Å²) in [5.41, 5.74) is -0.570. The molecule has 0 amide bonds. The monoisotopic (exact) mass is 226 g/mol. The summed E-state index contributed by atoms with van der Waals surface area (Å²) in [6.45, 7) is 0. The van der Waals surface area contributed by atoms with E-state index in [1.54, 1.807) is 0 Å². The molecule has 0 aromatic heterocycles. The van der Waals surface area contributed by atoms with Crippen molar-refractivity contribution in [1.82, 2.24) is 0 Å². The highest BCUT2D eigenvalue weighted by atomic mass is 35.5. The van der Waals surface area contributed by atoms with Gasteiger partial charge in [-0.1, -0.05) is 0 Å². The number of carbonyl (C=O) groups excluding carboxylic acids is 1. The SMILES string of the molecule is O=C(Cl)C1CCC(P(=O)(O)O)CC1. The zero-order valence-electron chi connectivity index (χ0n) is 7.02. The highest BCUT2D eigenvalue weighted by molar-refractivity contribution is 7.52. The van der Waals surface area contributed by atoms with Crippen LogP contribution in [0, 0.1) is 5.92 Å². The van der Waals surface area contributed by atoms with Crippen LogP contribution >= 0.6 is 19.2 Å². The van der Waals surface area contributed by atoms with E-state index < -0.39 is 13.3 Å². The molecule has 0 radical (unpaired) electrons. The van der Waals surface area contributed by atoms with Gasteiger partial charge >= 0.3 is 7.60 Å². The molecule has 0 heterocycles. The van der Waals surface area contributed by atoms with Crippen LogP contribution < -0.4 is 0 Å². The van der Waals surface area contributed by atoms with E-state index >= 15 is 0 Å². The van der Waals surface area contributed by atoms with E-state index in [0.717, 1.165) is 0 Å². The third-order valence-electron chi connectivity index (χ3n) is 2.49. The van der Waals surface area contributed by atoms with Gasteiger partial charge in [-0.3, -0.25) is 9.36 Å². The molecule has 1 rings (SSSR count). The molecule has 0 atom stereocenters. The molecule has 0 spiro atoms. The van der Waals surface area contributed by atoms with Crippen LogP contribution in [-0.2, 0) is 9.36 Å². The van der Waals surface area contributed by atoms with Crippen LogP contribution in [0.2, 0.25) is 0 Å². The standard InChI is InChI=1S/C7H12ClO4P/c8-7(9)5-1-3-6(4-2-5)13(10,11)12/h5-6H,1-4H2,(H2,10,11,12). The van der Waals surface area contributed by atoms with Crippen LogP contribution in [0.15, 0.2) is 0 Å². The topological polar surface area (TPSA) is 74.6 Å². The minimum atomic E-state index is -3.95. The second-order valence-electron chi connectivity index (χ2n) is 3.40. The third-order valence-corrected chi connectivity index (χ3v) is 4.27. The first-order valence-corrected chi connectivity index (χ1v) is 6.22. The van der Waals surface area contributed by atoms with Crippen LogP contribution in [0.1, 0.15) is 25.7 Å². The first-order chi connectivity index (χ1) is 5.91. The molecule has 0 saturated heterocycles. The molecular weight excluding hydrogens is 214 g/mol. The average molecular weight is 227 g/mol. The van der Waals surface area contributed by atoms with Gasteiger partial charge in [-0.15, -0.1) is 0 Å². The van der Waals surface area contributed by atoms with Crippen molar-refractivity contribution in [3.63, 3.8) is 0 Å². The zero-order valence-corrected chi connectivity index (χ0v) is 8.67. The van der Waals surface area contributed by atoms with E-state index in [1.807, 2.05) is 0 Å². The van der Waals surface area contributed by atoms with Crippen LogP contribution in [0.4, 0.5) is 0 Å². The largest absolute Gasteiger partial charge is 0.328 e. The van der Waals surface area contributed by atoms with Gasteiger partial charge in [0.25, 0.3) is 0 Å². The molecule has 0 bridgehead atoms. The summed E-state index contributed by atoms with van der Waals surface area (Å²) >= 11 is 5.29. The maximum absolute atomic E-state index is 10.8. The highest BCUT2D eigenvalue weighted by Gasteiger charge is 2.34. The first-order valence-electron chi connectivity index (χ1n) is 4.16. The summed E-state index contributed by atoms with van der Waals surface area (Å²) in [6.07, 6.45) is 1.79. The maximum Gasteiger partial charge on any atom is 0.328 e. The van der Waals surface area contributed by atoms with Crippen molar-refractivity contribution in [3.05, 3.63) is 0 Å². The number of hydrogen-bond acceptors (Lipinski definition) is 2. The summed E-state index contributed by atoms with van der Waals surface area (Å²) in [7, 11) is -3.95. The van der Waals surface area contributed by atoms with Crippen molar-refractivity contribution in [2.45, 2.75) is 31.3 Å². The van der Waals surface area contributed by atoms with Gasteiger partial charge in [0, 0.05) is 5.92 Å². The number of rotatable bonds is 2. The molecule has 76 valence electrons. The number of halogens is 1. The lowest BCUT2D eigenvalue weighted by Gasteiger charge is -2.26. The fourth-order valence-electron chi connectivity index (χ4n) is 1.64. The molecule has 0 unspecified atom stereocenters. The summed E-state index contributed by atoms with van der Waals surface area (Å²) in [5.74, 6) is -0.204. The van der Waals surface area contributed by atoms with Crippen molar-refractivity contribution in [1.29, 1.82) is 0 Å². The molecular formula is C7H12ClO4P. The fraction of sp³-hybridized carbons (Fsp3) is 0.857. The minimum absolute atomic E-state index is 0.204. The molecule has 1 saturated carbocycles. The predicted octanol–water partition coefficient (Wildman–Crippen LogP) is 1.49. The normalized spacial score (nSPS) is 30.1. The summed E-state index contributed by atoms with van der Waals surface area (Å²) in [4.78, 5) is 28.4. The van der Waals surface area contributed by atoms with Gasteiger partial charge in [0.15, 0.2) is 0 Å². The molecule has 0 aromatic carbocycles. The Morgan fingerprint density at radius 1 is 1.23 bits per heavy atom. The quantitative estimate of drug-likeness (QED) is 0.553. The lowest BCUT2D eigenvalue weighted by Crippen LogP contribution is -2.22. The van der Waals surface area contributed by atoms with Crippen LogP contribution in [-0.4, -0.2) is 20.7 Å². The minimum Gasteiger partial charge on any atom is -0.324 e. The van der Waals surface area contributed by atoms with E-state index in [9.17, 15) is 9.36 Å². The first kappa shape index (κ1) is 11.2. The molecule has 13 heavy (non-hydrogen) atoms. The smallest absolute Gasteiger partial charge is 0.324 e. The Labute approximate surface area is 81.4 Å². The van der Waals surface area contributed by atoms with Crippen LogP contribution in [0.3, 0.4) is 0 Å². The van der Waals surface area contributed by atoms with Crippen LogP contribution in [0.5, 0.6) is 0 Å². The summed E-state index contributed by atoms with van der Waals surface area (Å²) in [6, 6.07) is 0. The van der Waals surface area contributed by atoms with Gasteiger partial charge in [-0.05, 0) is 37.3 Å². The molecule has 6 heteroatoms. The second-order valence-corrected chi connectivity index (χ2v) is 5.68. The molecule has 1 aliphatic carbocycles. The Balaban J connectivity index is 2.48. The number of hydrogen-bond donors (Lipinski definition) is 2. The van der Waals surface area contributed by atoms with Crippen molar-refractivity contribution in [3.8, 4) is 0 Å². The van der Waals surface area contributed by atoms with E-state index in [-0.39, 0.29) is 11.2 Å². The Morgan fingerprint density at radius 2 is 1.69 bits per heavy atom. The summed E-state index contributed by atoms with van der Waals surface area (Å²) in [5, 5.41) is -0.385. The molecule has 4 nitrogen and oxygen atoms in total. The van der Waals surface area contributed by atoms with Crippen molar-refractivity contribution >= 4 is 24.4 Å². The van der Waals surface area contributed by atoms with Crippen molar-refractivity contribution in [2.24, 2.45) is 5.92 Å². The van der Waals surface area contributed by atoms with Gasteiger partial charge in [0.1, 0.15) is 0 Å². The van der Waals surface area contributed by atoms with Crippen LogP contribution in [0.25, 0.3) is 0 Å². The maximum atomic E-state index is 10.8. The lowest BCUT2D eigenvalue weighted by molar-refractivity contribution is -0.115. The molecule has 0 aliphatic heterocycles. The molecule has 2 N–H and O–H groups in total. The van der Waals surface area contributed by atoms with E-state index in [1.165, 1.54) is 0 Å². The highest BCUT2D eigenvalue weighted by Crippen LogP contribution is 2.49. The van der Waals surface area contributed by atoms with Gasteiger partial charge in [0.2, 0.25) is 5.24 Å². The zero-order chi connectivity index (χ0) is 10.1. The van der Waals surface area contributed by atoms with Gasteiger partial charge in [0.05, 0.1) is 5.66 Å². The Kier molecular flexibility index (Phi) is 3.52. The Bertz CT molecular complexity index is 241. The average Bonchev–Trinajstić information content (AvgIpc) is 2.03. The van der Waals surface area contributed by atoms with Gasteiger partial charge < -0.3 is 9.79 Å². The van der Waals surface area contributed by atoms with Crippen molar-refractivity contribution in [2.75, 3.05) is 0 Å². The molecule has 0 aromatic rings. The van der Waals surface area contributed by atoms with E-state index in [4.69, 9.17) is 21.4 Å². The van der Waals surface area contributed by atoms with Gasteiger partial charge in [-0.25, -0.2) is 0 Å². The molecule has 1 fully saturated rings. The van der Waals surface area contributed by atoms with E-state index in [0.29, 0.717) is 25.7 Å².